The lowest BCUT2D eigenvalue weighted by molar-refractivity contribution is -0.00000394. The Morgan fingerprint density at radius 3 is 2.79 bits per heavy atom. The van der Waals surface area contributed by atoms with Gasteiger partial charge in [-0.2, -0.15) is 0 Å². The van der Waals surface area contributed by atoms with Crippen molar-refractivity contribution in [3.63, 3.8) is 0 Å². The lowest BCUT2D eigenvalue weighted by Gasteiger charge is -2.17. The van der Waals surface area contributed by atoms with Crippen LogP contribution in [0.25, 0.3) is 10.9 Å². The van der Waals surface area contributed by atoms with Gasteiger partial charge in [0, 0.05) is 17.6 Å². The molecule has 1 N–H and O–H groups in total. The molecule has 1 aliphatic rings. The number of benzene rings is 1. The largest absolute Gasteiger partial charge is 1.00 e. The van der Waals surface area contributed by atoms with E-state index in [0.29, 0.717) is 0 Å². The molecule has 3 rings (SSSR count). The molecule has 0 atom stereocenters. The number of halogens is 1. The van der Waals surface area contributed by atoms with Gasteiger partial charge in [-0.15, -0.1) is 0 Å². The molecule has 2 nitrogen and oxygen atoms in total. The Hall–Kier alpha value is -0.840. The van der Waals surface area contributed by atoms with Gasteiger partial charge in [0.25, 0.3) is 0 Å². The molecular formula is C16H20IN2-. The highest BCUT2D eigenvalue weighted by molar-refractivity contribution is 5.80. The normalized spacial score (nSPS) is 13.3. The van der Waals surface area contributed by atoms with Crippen LogP contribution in [0.3, 0.4) is 0 Å². The minimum Gasteiger partial charge on any atom is -1.00 e. The predicted molar refractivity (Wildman–Crippen MR) is 74.7 cm³/mol. The molecule has 0 amide bonds. The molecule has 3 heteroatoms. The number of para-hydroxylation sites is 1. The smallest absolute Gasteiger partial charge is 0.0682 e. The highest BCUT2D eigenvalue weighted by atomic mass is 127. The summed E-state index contributed by atoms with van der Waals surface area (Å²) >= 11 is 0. The van der Waals surface area contributed by atoms with Crippen LogP contribution in [0.4, 0.5) is 0 Å². The second-order valence-corrected chi connectivity index (χ2v) is 5.18. The first kappa shape index (κ1) is 14.6. The van der Waals surface area contributed by atoms with Gasteiger partial charge in [-0.05, 0) is 37.3 Å². The van der Waals surface area contributed by atoms with E-state index >= 15 is 0 Å². The SMILES string of the molecule is CCCCn1c2c(c(=N)c3ccccc31)CCC2.[I-]. The molecule has 0 radical (unpaired) electrons. The van der Waals surface area contributed by atoms with Crippen LogP contribution < -0.4 is 29.3 Å². The third-order valence-corrected chi connectivity index (χ3v) is 4.02. The molecule has 1 heterocycles. The molecule has 0 bridgehead atoms. The van der Waals surface area contributed by atoms with Gasteiger partial charge in [-0.25, -0.2) is 0 Å². The van der Waals surface area contributed by atoms with Crippen LogP contribution in [0, 0.1) is 5.41 Å². The third kappa shape index (κ3) is 2.45. The summed E-state index contributed by atoms with van der Waals surface area (Å²) in [5, 5.41) is 10.3. The Bertz CT molecular complexity index is 643. The zero-order chi connectivity index (χ0) is 12.5. The summed E-state index contributed by atoms with van der Waals surface area (Å²) in [6.07, 6.45) is 5.89. The fourth-order valence-corrected chi connectivity index (χ4v) is 3.09. The first-order valence-corrected chi connectivity index (χ1v) is 7.01. The van der Waals surface area contributed by atoms with Gasteiger partial charge in [0.05, 0.1) is 10.9 Å². The Labute approximate surface area is 131 Å². The van der Waals surface area contributed by atoms with E-state index in [1.54, 1.807) is 0 Å². The maximum atomic E-state index is 8.38. The van der Waals surface area contributed by atoms with Crippen molar-refractivity contribution < 1.29 is 24.0 Å². The molecule has 2 aromatic rings. The van der Waals surface area contributed by atoms with Gasteiger partial charge in [0.15, 0.2) is 0 Å². The number of unbranched alkanes of at least 4 members (excludes halogenated alkanes) is 1. The summed E-state index contributed by atoms with van der Waals surface area (Å²) in [5.74, 6) is 0. The second-order valence-electron chi connectivity index (χ2n) is 5.18. The Balaban J connectivity index is 0.00000133. The molecule has 1 aliphatic carbocycles. The third-order valence-electron chi connectivity index (χ3n) is 4.02. The molecule has 1 aromatic carbocycles. The maximum absolute atomic E-state index is 8.38. The van der Waals surface area contributed by atoms with Gasteiger partial charge in [0.2, 0.25) is 0 Å². The van der Waals surface area contributed by atoms with Crippen molar-refractivity contribution in [1.82, 2.24) is 4.57 Å². The molecule has 0 spiro atoms. The van der Waals surface area contributed by atoms with Crippen molar-refractivity contribution in [2.45, 2.75) is 45.6 Å². The van der Waals surface area contributed by atoms with Gasteiger partial charge in [0.1, 0.15) is 0 Å². The van der Waals surface area contributed by atoms with Crippen molar-refractivity contribution in [3.05, 3.63) is 40.9 Å². The van der Waals surface area contributed by atoms with E-state index in [1.165, 1.54) is 36.0 Å². The lowest BCUT2D eigenvalue weighted by atomic mass is 10.1. The highest BCUT2D eigenvalue weighted by Crippen LogP contribution is 2.24. The van der Waals surface area contributed by atoms with Crippen LogP contribution in [0.1, 0.15) is 37.4 Å². The van der Waals surface area contributed by atoms with E-state index in [0.717, 1.165) is 30.1 Å². The molecule has 0 aliphatic heterocycles. The minimum atomic E-state index is 0. The topological polar surface area (TPSA) is 28.8 Å². The zero-order valence-corrected chi connectivity index (χ0v) is 13.5. The number of fused-ring (bicyclic) bond motifs is 2. The number of pyridine rings is 1. The van der Waals surface area contributed by atoms with Gasteiger partial charge < -0.3 is 28.5 Å². The van der Waals surface area contributed by atoms with E-state index in [2.05, 4.69) is 29.7 Å². The predicted octanol–water partition coefficient (Wildman–Crippen LogP) is 0.414. The van der Waals surface area contributed by atoms with Gasteiger partial charge in [-0.3, -0.25) is 5.41 Å². The summed E-state index contributed by atoms with van der Waals surface area (Å²) in [6, 6.07) is 8.40. The fourth-order valence-electron chi connectivity index (χ4n) is 3.09. The summed E-state index contributed by atoms with van der Waals surface area (Å²) in [7, 11) is 0. The Morgan fingerprint density at radius 1 is 1.21 bits per heavy atom. The highest BCUT2D eigenvalue weighted by Gasteiger charge is 2.18. The van der Waals surface area contributed by atoms with Gasteiger partial charge >= 0.3 is 0 Å². The Morgan fingerprint density at radius 2 is 2.00 bits per heavy atom. The van der Waals surface area contributed by atoms with Crippen molar-refractivity contribution in [2.24, 2.45) is 0 Å². The van der Waals surface area contributed by atoms with Crippen LogP contribution in [0.15, 0.2) is 24.3 Å². The van der Waals surface area contributed by atoms with Crippen LogP contribution >= 0.6 is 0 Å². The van der Waals surface area contributed by atoms with Gasteiger partial charge in [-0.1, -0.05) is 31.5 Å². The number of aryl methyl sites for hydroxylation is 1. The summed E-state index contributed by atoms with van der Waals surface area (Å²) in [6.45, 7) is 3.33. The minimum absolute atomic E-state index is 0. The first-order valence-electron chi connectivity index (χ1n) is 7.01. The summed E-state index contributed by atoms with van der Waals surface area (Å²) in [5.41, 5.74) is 3.97. The molecule has 0 saturated carbocycles. The zero-order valence-electron chi connectivity index (χ0n) is 11.4. The summed E-state index contributed by atoms with van der Waals surface area (Å²) in [4.78, 5) is 0. The average Bonchev–Trinajstić information content (AvgIpc) is 2.88. The quantitative estimate of drug-likeness (QED) is 0.762. The van der Waals surface area contributed by atoms with Crippen molar-refractivity contribution in [1.29, 1.82) is 5.41 Å². The van der Waals surface area contributed by atoms with Crippen LogP contribution in [0.5, 0.6) is 0 Å². The van der Waals surface area contributed by atoms with Crippen molar-refractivity contribution in [3.8, 4) is 0 Å². The van der Waals surface area contributed by atoms with E-state index in [4.69, 9.17) is 5.41 Å². The summed E-state index contributed by atoms with van der Waals surface area (Å²) < 4.78 is 2.47. The number of nitrogens with one attached hydrogen (secondary N) is 1. The number of nitrogens with zero attached hydrogens (tertiary/aromatic N) is 1. The Kier molecular flexibility index (Phi) is 4.66. The average molecular weight is 367 g/mol. The molecular weight excluding hydrogens is 347 g/mol. The fraction of sp³-hybridized carbons (Fsp3) is 0.438. The standard InChI is InChI=1S/C16H20N2.HI/c1-2-3-11-18-14-9-5-4-7-12(14)16(17)13-8-6-10-15(13)18;/h4-5,7,9,17H,2-3,6,8,10-11H2,1H3;1H/p-1. The number of hydrogen-bond donors (Lipinski definition) is 1. The second kappa shape index (κ2) is 6.07. The molecule has 102 valence electrons. The van der Waals surface area contributed by atoms with Crippen LogP contribution in [0.2, 0.25) is 0 Å². The number of hydrogen-bond acceptors (Lipinski definition) is 1. The number of rotatable bonds is 3. The first-order chi connectivity index (χ1) is 8.83. The van der Waals surface area contributed by atoms with E-state index in [-0.39, 0.29) is 24.0 Å². The monoisotopic (exact) mass is 367 g/mol. The van der Waals surface area contributed by atoms with Crippen LogP contribution in [-0.2, 0) is 19.4 Å². The van der Waals surface area contributed by atoms with E-state index in [9.17, 15) is 0 Å². The van der Waals surface area contributed by atoms with E-state index in [1.807, 2.05) is 6.07 Å². The molecule has 1 aromatic heterocycles. The molecule has 0 saturated heterocycles. The molecule has 0 unspecified atom stereocenters. The maximum Gasteiger partial charge on any atom is 0.0682 e. The molecule has 19 heavy (non-hydrogen) atoms. The number of aromatic nitrogens is 1. The van der Waals surface area contributed by atoms with E-state index < -0.39 is 0 Å². The van der Waals surface area contributed by atoms with Crippen molar-refractivity contribution >= 4 is 10.9 Å². The van der Waals surface area contributed by atoms with Crippen LogP contribution in [-0.4, -0.2) is 4.57 Å². The lowest BCUT2D eigenvalue weighted by Crippen LogP contribution is -3.00. The van der Waals surface area contributed by atoms with Crippen molar-refractivity contribution in [2.75, 3.05) is 0 Å². The molecule has 0 fully saturated rings.